The maximum Gasteiger partial charge on any atom is 0.341 e. The van der Waals surface area contributed by atoms with Crippen LogP contribution in [-0.4, -0.2) is 198 Å². The number of amides is 4. The number of Topliss-reactive ketones (excluding diaryl/α,β-unsaturated/α-hetero) is 2. The molecule has 19 N–H and O–H groups in total. The van der Waals surface area contributed by atoms with Crippen molar-refractivity contribution in [2.24, 2.45) is 23.0 Å². The lowest BCUT2D eigenvalue weighted by molar-refractivity contribution is -0.339. The number of aliphatic hydroxyl groups excluding tert-OH is 6. The van der Waals surface area contributed by atoms with Gasteiger partial charge in [-0.15, -0.1) is 0 Å². The summed E-state index contributed by atoms with van der Waals surface area (Å²) in [6, 6.07) is 4.88. The van der Waals surface area contributed by atoms with E-state index >= 15 is 19.2 Å². The van der Waals surface area contributed by atoms with Gasteiger partial charge in [0.1, 0.15) is 71.4 Å². The van der Waals surface area contributed by atoms with E-state index in [1.54, 1.807) is 6.92 Å². The molecule has 19 atom stereocenters. The van der Waals surface area contributed by atoms with Crippen molar-refractivity contribution >= 4 is 72.0 Å². The maximum absolute atomic E-state index is 16.5. The number of fused-ring (bicyclic) bond motifs is 15. The van der Waals surface area contributed by atoms with Crippen LogP contribution in [-0.2, 0) is 63.4 Å². The SMILES string of the molecule is CCCCCCCCCCCCCC[C@@]1(C)C[C@H](O[C@H]2[C@H](Oc3c4cc5cc3Oc3ccc(cc3Cl)[C@@H](O)[C@@H]3NC(=O)[C@H](CC(=O)[C@@H]5NC[C@H](CC(N)=O)CC(=O)C(NC(=O)[C@@H](CC(C)C)NC)[C@H](O)c5ccc(c(Cl)c5)O4)c4ccc(O)c(c4)-c4c(cc(O)c(CNCP(=O)(O)OC)c4O)[C@H](C(=O)O)NC3=O)O[C@H](CO)[C@@H](O)[C@@H]2O)O[C@@H](C)[C@H]1O. The number of aliphatic hydroxyl groups is 6. The summed E-state index contributed by atoms with van der Waals surface area (Å²) in [6.07, 6.45) is -5.20. The zero-order chi connectivity index (χ0) is 88.1. The molecule has 33 nitrogen and oxygen atoms in total. The van der Waals surface area contributed by atoms with E-state index in [2.05, 4.69) is 43.3 Å². The van der Waals surface area contributed by atoms with Crippen molar-refractivity contribution in [3.8, 4) is 57.1 Å². The summed E-state index contributed by atoms with van der Waals surface area (Å²) in [5.41, 5.74) is 2.30. The standard InChI is InChI=1S/C85H114Cl2N7O26P/c1-8-9-10-11-12-13-14-15-16-17-18-19-26-85(5)37-66(115-43(4)79(85)106)119-78-76(105)75(104)64(40-95)118-84(78)120-77-62-33-48-34-63(77)117-61-25-22-47(32-54(61)87)73(102)71-82(109)92-69(83(110)111)51-36-57(97)52(39-90-41-121(112,113)114-7)74(103)67(51)50-30-45(20-23-56(50)96)49(80(107)94-71)35-59(99)68(48)91-38-44(29-65(88)100)28-58(98)70(93-81(108)55(89-6)27-42(2)3)72(101)46-21-24-60(116-62)53(86)31-46/h20-25,30-34,36,42-44,49,55,64,66,68-73,75-76,78-79,84,89-91,95-97,101-106H,8-19,26-29,35,37-41H2,1-7H3,(H2,88,100)(H,92,109)(H,93,108)(H,94,107)(H,110,111)(H,112,113)/t43-,44-,49+,55+,64+,66-,68+,69+,70?,71-,72+,73+,75+,76-,78+,79+,84-,85-/m0/s1. The van der Waals surface area contributed by atoms with Gasteiger partial charge >= 0.3 is 13.6 Å². The fraction of sp³-hybridized carbons (Fsp3) is 0.565. The molecule has 12 rings (SSSR count). The number of benzene rings is 5. The average molecular weight is 1750 g/mol. The number of nitrogens with one attached hydrogen (secondary N) is 6. The van der Waals surface area contributed by atoms with Gasteiger partial charge in [0.25, 0.3) is 0 Å². The van der Waals surface area contributed by atoms with Crippen molar-refractivity contribution < 1.29 is 127 Å². The molecule has 7 aliphatic rings. The number of primary amides is 1. The molecule has 0 saturated carbocycles. The van der Waals surface area contributed by atoms with Crippen molar-refractivity contribution in [1.29, 1.82) is 0 Å². The van der Waals surface area contributed by atoms with Gasteiger partial charge in [-0.25, -0.2) is 4.79 Å². The third-order valence-electron chi connectivity index (χ3n) is 23.2. The number of phenolic OH excluding ortho intramolecular Hbond substituents is 3. The maximum atomic E-state index is 16.5. The van der Waals surface area contributed by atoms with Gasteiger partial charge in [-0.3, -0.25) is 33.3 Å². The predicted molar refractivity (Wildman–Crippen MR) is 442 cm³/mol. The number of unbranched alkanes of at least 4 members (excludes halogenated alkanes) is 11. The Balaban J connectivity index is 1.16. The van der Waals surface area contributed by atoms with Crippen LogP contribution < -0.4 is 51.8 Å². The minimum Gasteiger partial charge on any atom is -0.507 e. The first-order valence-electron chi connectivity index (χ1n) is 41.1. The summed E-state index contributed by atoms with van der Waals surface area (Å²) in [7, 11) is -1.82. The lowest BCUT2D eigenvalue weighted by Gasteiger charge is -2.48. The second-order valence-corrected chi connectivity index (χ2v) is 35.6. The van der Waals surface area contributed by atoms with Crippen LogP contribution in [0.3, 0.4) is 0 Å². The Morgan fingerprint density at radius 3 is 1.93 bits per heavy atom. The van der Waals surface area contributed by atoms with Gasteiger partial charge in [0.05, 0.1) is 58.7 Å². The first-order chi connectivity index (χ1) is 57.5. The molecule has 664 valence electrons. The molecule has 2 unspecified atom stereocenters. The molecule has 0 aliphatic carbocycles. The van der Waals surface area contributed by atoms with Crippen molar-refractivity contribution in [1.82, 2.24) is 31.9 Å². The van der Waals surface area contributed by atoms with Crippen molar-refractivity contribution in [3.05, 3.63) is 116 Å². The Labute approximate surface area is 711 Å². The van der Waals surface area contributed by atoms with Crippen LogP contribution in [0, 0.1) is 17.3 Å². The van der Waals surface area contributed by atoms with E-state index in [1.807, 2.05) is 20.8 Å². The van der Waals surface area contributed by atoms with Gasteiger partial charge in [-0.05, 0) is 122 Å². The van der Waals surface area contributed by atoms with Gasteiger partial charge in [-0.2, -0.15) is 0 Å². The summed E-state index contributed by atoms with van der Waals surface area (Å²) < 4.78 is 57.3. The Bertz CT molecular complexity index is 4570. The number of phenols is 3. The number of hydrogen-bond donors (Lipinski definition) is 18. The van der Waals surface area contributed by atoms with Gasteiger partial charge in [0.15, 0.2) is 41.5 Å². The Kier molecular flexibility index (Phi) is 33.4. The molecule has 2 fully saturated rings. The number of carboxylic acid groups (broad SMARTS) is 1. The van der Waals surface area contributed by atoms with E-state index < -0.39 is 260 Å². The summed E-state index contributed by atoms with van der Waals surface area (Å²) >= 11 is 14.5. The van der Waals surface area contributed by atoms with Crippen LogP contribution in [0.5, 0.6) is 46.0 Å². The van der Waals surface area contributed by atoms with Crippen LogP contribution >= 0.6 is 30.8 Å². The molecule has 4 amide bonds. The highest BCUT2D eigenvalue weighted by Crippen LogP contribution is 2.52. The van der Waals surface area contributed by atoms with Crippen LogP contribution in [0.15, 0.2) is 72.8 Å². The van der Waals surface area contributed by atoms with Crippen molar-refractivity contribution in [3.63, 3.8) is 0 Å². The van der Waals surface area contributed by atoms with Gasteiger partial charge in [0.2, 0.25) is 35.7 Å². The molecule has 5 aromatic carbocycles. The molecule has 36 heteroatoms. The summed E-state index contributed by atoms with van der Waals surface area (Å²) in [4.78, 5) is 114. The monoisotopic (exact) mass is 1750 g/mol. The highest BCUT2D eigenvalue weighted by Gasteiger charge is 2.52. The van der Waals surface area contributed by atoms with Crippen LogP contribution in [0.4, 0.5) is 0 Å². The number of nitrogens with two attached hydrogens (primary N) is 1. The second kappa shape index (κ2) is 42.5. The van der Waals surface area contributed by atoms with Gasteiger partial charge in [0, 0.05) is 61.4 Å². The summed E-state index contributed by atoms with van der Waals surface area (Å²) in [5.74, 6) is -15.7. The number of hydrogen-bond acceptors (Lipinski definition) is 27. The third kappa shape index (κ3) is 23.5. The quantitative estimate of drug-likeness (QED) is 0.0145. The molecule has 0 spiro atoms. The normalized spacial score (nSPS) is 27.3. The summed E-state index contributed by atoms with van der Waals surface area (Å²) in [6.45, 7) is 7.42. The number of aliphatic carboxylic acids is 1. The Hall–Kier alpha value is -8.16. The van der Waals surface area contributed by atoms with Crippen LogP contribution in [0.1, 0.15) is 214 Å². The number of rotatable bonds is 31. The number of halogens is 2. The molecule has 2 saturated heterocycles. The van der Waals surface area contributed by atoms with E-state index in [-0.39, 0.29) is 62.6 Å². The first kappa shape index (κ1) is 95.1. The number of carbonyl (C=O) groups excluding carboxylic acids is 6. The molecule has 121 heavy (non-hydrogen) atoms. The smallest absolute Gasteiger partial charge is 0.341 e. The van der Waals surface area contributed by atoms with E-state index in [0.717, 1.165) is 69.9 Å². The lowest BCUT2D eigenvalue weighted by Crippen LogP contribution is -2.62. The first-order valence-corrected chi connectivity index (χ1v) is 43.7. The number of carboxylic acids is 1. The highest BCUT2D eigenvalue weighted by molar-refractivity contribution is 7.52. The minimum absolute atomic E-state index is 0.0326. The zero-order valence-corrected chi connectivity index (χ0v) is 71.1. The lowest BCUT2D eigenvalue weighted by atomic mass is 9.73. The summed E-state index contributed by atoms with van der Waals surface area (Å²) in [5, 5.41) is 135. The van der Waals surface area contributed by atoms with Crippen LogP contribution in [0.2, 0.25) is 10.0 Å². The average Bonchev–Trinajstić information content (AvgIpc) is 0.757. The molecule has 0 aromatic heterocycles. The third-order valence-corrected chi connectivity index (χ3v) is 25.0. The van der Waals surface area contributed by atoms with E-state index in [0.29, 0.717) is 6.42 Å². The molecule has 11 bridgehead atoms. The number of carbonyl (C=O) groups is 7. The topological polar surface area (TPSA) is 522 Å². The molecular formula is C85H114Cl2N7O26P. The number of ether oxygens (including phenoxy) is 6. The molecular weight excluding hydrogens is 1640 g/mol. The highest BCUT2D eigenvalue weighted by atomic mass is 35.5. The molecule has 7 aliphatic heterocycles. The molecule has 7 heterocycles. The van der Waals surface area contributed by atoms with E-state index in [1.165, 1.54) is 94.1 Å². The minimum atomic E-state index is -4.32. The molecule has 0 radical (unpaired) electrons. The Morgan fingerprint density at radius 1 is 0.744 bits per heavy atom. The number of likely N-dealkylation sites (N-methyl/N-ethyl adjacent to an activating group) is 1. The van der Waals surface area contributed by atoms with Gasteiger partial charge in [-0.1, -0.05) is 146 Å². The van der Waals surface area contributed by atoms with E-state index in [9.17, 15) is 74.9 Å². The van der Waals surface area contributed by atoms with Crippen molar-refractivity contribution in [2.75, 3.05) is 33.6 Å². The predicted octanol–water partition coefficient (Wildman–Crippen LogP) is 8.81. The number of ketones is 2. The zero-order valence-electron chi connectivity index (χ0n) is 68.7. The van der Waals surface area contributed by atoms with E-state index in [4.69, 9.17) is 57.4 Å². The largest absolute Gasteiger partial charge is 0.507 e. The second-order valence-electron chi connectivity index (χ2n) is 32.8. The Morgan fingerprint density at radius 2 is 1.36 bits per heavy atom. The van der Waals surface area contributed by atoms with Crippen LogP contribution in [0.25, 0.3) is 11.1 Å². The number of aromatic hydroxyl groups is 3. The van der Waals surface area contributed by atoms with Crippen molar-refractivity contribution in [2.45, 2.75) is 254 Å². The fourth-order valence-electron chi connectivity index (χ4n) is 16.5. The fourth-order valence-corrected chi connectivity index (χ4v) is 17.4. The molecule has 5 aromatic rings. The van der Waals surface area contributed by atoms with Gasteiger partial charge < -0.3 is 127 Å².